The van der Waals surface area contributed by atoms with E-state index in [1.807, 2.05) is 6.20 Å². The maximum atomic E-state index is 5.92. The second-order valence-electron chi connectivity index (χ2n) is 3.81. The van der Waals surface area contributed by atoms with Crippen LogP contribution >= 0.6 is 11.6 Å². The molecule has 0 aromatic carbocycles. The number of nitrogens with zero attached hydrogens (tertiary/aromatic N) is 1. The summed E-state index contributed by atoms with van der Waals surface area (Å²) in [7, 11) is 0. The molecular weight excluding hydrogens is 212 g/mol. The number of pyridine rings is 1. The summed E-state index contributed by atoms with van der Waals surface area (Å²) >= 11 is 5.92. The van der Waals surface area contributed by atoms with Gasteiger partial charge in [-0.2, -0.15) is 0 Å². The monoisotopic (exact) mass is 226 g/mol. The molecular formula is C11H15ClN2O. The van der Waals surface area contributed by atoms with Gasteiger partial charge >= 0.3 is 0 Å². The van der Waals surface area contributed by atoms with Crippen LogP contribution in [0.1, 0.15) is 29.9 Å². The van der Waals surface area contributed by atoms with Gasteiger partial charge in [-0.05, 0) is 30.4 Å². The minimum atomic E-state index is 0.447. The molecule has 0 aliphatic carbocycles. The van der Waals surface area contributed by atoms with Gasteiger partial charge in [-0.3, -0.25) is 0 Å². The number of ether oxygens (including phenoxy) is 1. The fourth-order valence-electron chi connectivity index (χ4n) is 1.91. The molecule has 15 heavy (non-hydrogen) atoms. The van der Waals surface area contributed by atoms with Crippen molar-refractivity contribution in [2.24, 2.45) is 5.73 Å². The molecule has 1 fully saturated rings. The summed E-state index contributed by atoms with van der Waals surface area (Å²) in [4.78, 5) is 4.17. The molecule has 2 rings (SSSR count). The fraction of sp³-hybridized carbons (Fsp3) is 0.545. The molecule has 82 valence electrons. The summed E-state index contributed by atoms with van der Waals surface area (Å²) in [5.74, 6) is 0.550. The molecule has 1 aliphatic heterocycles. The van der Waals surface area contributed by atoms with E-state index < -0.39 is 0 Å². The fourth-order valence-corrected chi connectivity index (χ4v) is 2.09. The first-order valence-corrected chi connectivity index (χ1v) is 5.61. The topological polar surface area (TPSA) is 48.1 Å². The molecule has 0 atom stereocenters. The van der Waals surface area contributed by atoms with E-state index in [1.54, 1.807) is 0 Å². The zero-order valence-electron chi connectivity index (χ0n) is 8.58. The predicted octanol–water partition coefficient (Wildman–Crippen LogP) is 2.09. The number of hydrogen-bond acceptors (Lipinski definition) is 3. The van der Waals surface area contributed by atoms with Crippen molar-refractivity contribution in [2.75, 3.05) is 13.2 Å². The van der Waals surface area contributed by atoms with Crippen LogP contribution in [-0.4, -0.2) is 18.2 Å². The van der Waals surface area contributed by atoms with Crippen LogP contribution in [0.2, 0.25) is 5.15 Å². The predicted molar refractivity (Wildman–Crippen MR) is 59.9 cm³/mol. The molecule has 1 saturated heterocycles. The molecule has 4 heteroatoms. The van der Waals surface area contributed by atoms with Crippen LogP contribution in [0, 0.1) is 0 Å². The van der Waals surface area contributed by atoms with Gasteiger partial charge in [0.15, 0.2) is 0 Å². The highest BCUT2D eigenvalue weighted by Gasteiger charge is 2.17. The molecule has 0 unspecified atom stereocenters. The standard InChI is InChI=1S/C11H15ClN2O/c12-11-9(6-13)5-10(7-14-11)8-1-3-15-4-2-8/h5,7-8H,1-4,6,13H2. The Labute approximate surface area is 94.6 Å². The highest BCUT2D eigenvalue weighted by molar-refractivity contribution is 6.30. The van der Waals surface area contributed by atoms with Gasteiger partial charge in [-0.25, -0.2) is 4.98 Å². The van der Waals surface area contributed by atoms with Crippen LogP contribution in [0.15, 0.2) is 12.3 Å². The van der Waals surface area contributed by atoms with Gasteiger partial charge in [0, 0.05) is 31.5 Å². The average Bonchev–Trinajstić information content (AvgIpc) is 2.31. The van der Waals surface area contributed by atoms with Crippen molar-refractivity contribution < 1.29 is 4.74 Å². The second kappa shape index (κ2) is 4.92. The summed E-state index contributed by atoms with van der Waals surface area (Å²) in [5, 5.41) is 0.522. The molecule has 0 bridgehead atoms. The van der Waals surface area contributed by atoms with Crippen LogP contribution in [0.25, 0.3) is 0 Å². The summed E-state index contributed by atoms with van der Waals surface area (Å²) in [6, 6.07) is 2.07. The number of rotatable bonds is 2. The van der Waals surface area contributed by atoms with Crippen LogP contribution in [0.5, 0.6) is 0 Å². The third kappa shape index (κ3) is 2.48. The highest BCUT2D eigenvalue weighted by atomic mass is 35.5. The zero-order valence-corrected chi connectivity index (χ0v) is 9.33. The summed E-state index contributed by atoms with van der Waals surface area (Å²) in [6.07, 6.45) is 3.98. The molecule has 1 aliphatic rings. The van der Waals surface area contributed by atoms with Crippen LogP contribution in [0.3, 0.4) is 0 Å². The van der Waals surface area contributed by atoms with E-state index in [2.05, 4.69) is 11.1 Å². The lowest BCUT2D eigenvalue weighted by molar-refractivity contribution is 0.0852. The number of nitrogens with two attached hydrogens (primary N) is 1. The number of hydrogen-bond donors (Lipinski definition) is 1. The molecule has 0 spiro atoms. The van der Waals surface area contributed by atoms with E-state index in [0.717, 1.165) is 31.6 Å². The largest absolute Gasteiger partial charge is 0.381 e. The van der Waals surface area contributed by atoms with Crippen molar-refractivity contribution in [3.63, 3.8) is 0 Å². The van der Waals surface area contributed by atoms with Crippen molar-refractivity contribution in [3.8, 4) is 0 Å². The second-order valence-corrected chi connectivity index (χ2v) is 4.17. The Morgan fingerprint density at radius 1 is 1.47 bits per heavy atom. The van der Waals surface area contributed by atoms with Gasteiger partial charge in [0.1, 0.15) is 5.15 Å². The van der Waals surface area contributed by atoms with Gasteiger partial charge in [0.25, 0.3) is 0 Å². The van der Waals surface area contributed by atoms with E-state index in [9.17, 15) is 0 Å². The first-order chi connectivity index (χ1) is 7.31. The minimum absolute atomic E-state index is 0.447. The van der Waals surface area contributed by atoms with E-state index >= 15 is 0 Å². The van der Waals surface area contributed by atoms with Crippen molar-refractivity contribution in [1.29, 1.82) is 0 Å². The van der Waals surface area contributed by atoms with Gasteiger partial charge in [-0.15, -0.1) is 0 Å². The van der Waals surface area contributed by atoms with Gasteiger partial charge in [0.2, 0.25) is 0 Å². The van der Waals surface area contributed by atoms with Gasteiger partial charge in [-0.1, -0.05) is 11.6 Å². The Morgan fingerprint density at radius 3 is 2.87 bits per heavy atom. The molecule has 3 nitrogen and oxygen atoms in total. The third-order valence-corrected chi connectivity index (χ3v) is 3.19. The van der Waals surface area contributed by atoms with E-state index in [0.29, 0.717) is 17.6 Å². The lowest BCUT2D eigenvalue weighted by Crippen LogP contribution is -2.14. The molecule has 0 amide bonds. The zero-order chi connectivity index (χ0) is 10.7. The maximum Gasteiger partial charge on any atom is 0.133 e. The van der Waals surface area contributed by atoms with E-state index in [-0.39, 0.29) is 0 Å². The molecule has 1 aromatic heterocycles. The van der Waals surface area contributed by atoms with Gasteiger partial charge in [0.05, 0.1) is 0 Å². The van der Waals surface area contributed by atoms with E-state index in [1.165, 1.54) is 5.56 Å². The van der Waals surface area contributed by atoms with Gasteiger partial charge < -0.3 is 10.5 Å². The van der Waals surface area contributed by atoms with Crippen molar-refractivity contribution in [1.82, 2.24) is 4.98 Å². The SMILES string of the molecule is NCc1cc(C2CCOCC2)cnc1Cl. The number of aromatic nitrogens is 1. The van der Waals surface area contributed by atoms with Crippen molar-refractivity contribution in [3.05, 3.63) is 28.5 Å². The average molecular weight is 227 g/mol. The molecule has 2 heterocycles. The Balaban J connectivity index is 2.20. The molecule has 0 radical (unpaired) electrons. The Hall–Kier alpha value is -0.640. The summed E-state index contributed by atoms with van der Waals surface area (Å²) < 4.78 is 5.33. The number of halogens is 1. The summed E-state index contributed by atoms with van der Waals surface area (Å²) in [6.45, 7) is 2.12. The van der Waals surface area contributed by atoms with Crippen molar-refractivity contribution >= 4 is 11.6 Å². The molecule has 2 N–H and O–H groups in total. The molecule has 0 saturated carbocycles. The quantitative estimate of drug-likeness (QED) is 0.786. The van der Waals surface area contributed by atoms with Crippen molar-refractivity contribution in [2.45, 2.75) is 25.3 Å². The highest BCUT2D eigenvalue weighted by Crippen LogP contribution is 2.28. The third-order valence-electron chi connectivity index (χ3n) is 2.85. The first kappa shape index (κ1) is 10.9. The maximum absolute atomic E-state index is 5.92. The lowest BCUT2D eigenvalue weighted by Gasteiger charge is -2.22. The smallest absolute Gasteiger partial charge is 0.133 e. The lowest BCUT2D eigenvalue weighted by atomic mass is 9.92. The molecule has 1 aromatic rings. The van der Waals surface area contributed by atoms with E-state index in [4.69, 9.17) is 22.1 Å². The van der Waals surface area contributed by atoms with Crippen LogP contribution < -0.4 is 5.73 Å². The normalized spacial score (nSPS) is 18.0. The minimum Gasteiger partial charge on any atom is -0.381 e. The Bertz CT molecular complexity index is 337. The summed E-state index contributed by atoms with van der Waals surface area (Å²) in [5.41, 5.74) is 7.77. The first-order valence-electron chi connectivity index (χ1n) is 5.23. The van der Waals surface area contributed by atoms with Crippen LogP contribution in [-0.2, 0) is 11.3 Å². The Morgan fingerprint density at radius 2 is 2.20 bits per heavy atom. The Kier molecular flexibility index (Phi) is 3.57. The van der Waals surface area contributed by atoms with Crippen LogP contribution in [0.4, 0.5) is 0 Å².